The number of morpholine rings is 1. The molecule has 1 N–H and O–H groups in total. The lowest BCUT2D eigenvalue weighted by molar-refractivity contribution is -0.0250. The summed E-state index contributed by atoms with van der Waals surface area (Å²) in [7, 11) is 1.53. The zero-order valence-corrected chi connectivity index (χ0v) is 18.7. The maximum atomic E-state index is 12.9. The molecule has 0 aromatic carbocycles. The minimum absolute atomic E-state index is 0.233. The molecule has 0 spiro atoms. The first-order chi connectivity index (χ1) is 14.8. The van der Waals surface area contributed by atoms with Gasteiger partial charge in [-0.2, -0.15) is 5.10 Å². The number of ether oxygens (including phenoxy) is 1. The Balaban J connectivity index is 1.53. The molecular weight excluding hydrogens is 416 g/mol. The number of nitrogens with zero attached hydrogens (tertiary/aromatic N) is 5. The summed E-state index contributed by atoms with van der Waals surface area (Å²) in [5.41, 5.74) is 3.45. The van der Waals surface area contributed by atoms with Crippen molar-refractivity contribution in [3.8, 4) is 0 Å². The fraction of sp³-hybridized carbons (Fsp3) is 0.381. The largest absolute Gasteiger partial charge is 0.368 e. The van der Waals surface area contributed by atoms with E-state index in [1.54, 1.807) is 16.2 Å². The van der Waals surface area contributed by atoms with E-state index in [9.17, 15) is 9.59 Å². The van der Waals surface area contributed by atoms with E-state index in [2.05, 4.69) is 20.4 Å². The lowest BCUT2D eigenvalue weighted by atomic mass is 10.1. The third kappa shape index (κ3) is 4.64. The molecule has 1 atom stereocenters. The summed E-state index contributed by atoms with van der Waals surface area (Å²) >= 11 is 1.60. The summed E-state index contributed by atoms with van der Waals surface area (Å²) in [5, 5.41) is 8.24. The number of rotatable bonds is 4. The molecule has 4 heterocycles. The smallest absolute Gasteiger partial charge is 0.274 e. The Hall–Kier alpha value is -3.11. The lowest BCUT2D eigenvalue weighted by Crippen LogP contribution is -2.43. The van der Waals surface area contributed by atoms with Crippen molar-refractivity contribution < 1.29 is 9.53 Å². The van der Waals surface area contributed by atoms with Gasteiger partial charge in [-0.05, 0) is 39.0 Å². The Bertz CT molecular complexity index is 1170. The van der Waals surface area contributed by atoms with E-state index in [4.69, 9.17) is 4.74 Å². The average Bonchev–Trinajstić information content (AvgIpc) is 3.06. The molecule has 10 heteroatoms. The third-order valence-electron chi connectivity index (χ3n) is 5.12. The SMILES string of the molecule is Cc1cc(Nc2nc(C)c(C)s2)cc([C@@H]2CN(C(=O)c3ccc(=O)n(C)n3)CCO2)n1. The van der Waals surface area contributed by atoms with Gasteiger partial charge in [-0.3, -0.25) is 14.6 Å². The first-order valence-corrected chi connectivity index (χ1v) is 10.8. The number of hydrogen-bond acceptors (Lipinski definition) is 8. The Morgan fingerprint density at radius 1 is 1.23 bits per heavy atom. The summed E-state index contributed by atoms with van der Waals surface area (Å²) in [6.07, 6.45) is -0.356. The van der Waals surface area contributed by atoms with Crippen LogP contribution in [0.15, 0.2) is 29.1 Å². The van der Waals surface area contributed by atoms with E-state index in [0.717, 1.165) is 32.6 Å². The molecule has 162 valence electrons. The zero-order valence-electron chi connectivity index (χ0n) is 17.9. The van der Waals surface area contributed by atoms with Crippen LogP contribution in [0, 0.1) is 20.8 Å². The Labute approximate surface area is 183 Å². The van der Waals surface area contributed by atoms with Crippen LogP contribution in [-0.2, 0) is 11.8 Å². The number of aryl methyl sites for hydroxylation is 4. The topological polar surface area (TPSA) is 102 Å². The molecule has 4 rings (SSSR count). The molecule has 0 bridgehead atoms. The molecule has 31 heavy (non-hydrogen) atoms. The minimum atomic E-state index is -0.356. The molecule has 9 nitrogen and oxygen atoms in total. The summed E-state index contributed by atoms with van der Waals surface area (Å²) in [6, 6.07) is 6.69. The van der Waals surface area contributed by atoms with Gasteiger partial charge in [0.2, 0.25) is 0 Å². The van der Waals surface area contributed by atoms with E-state index < -0.39 is 0 Å². The summed E-state index contributed by atoms with van der Waals surface area (Å²) in [6.45, 7) is 7.16. The Morgan fingerprint density at radius 3 is 2.74 bits per heavy atom. The second kappa shape index (κ2) is 8.56. The summed E-state index contributed by atoms with van der Waals surface area (Å²) in [5.74, 6) is -0.233. The molecular formula is C21H24N6O3S. The number of carbonyl (C=O) groups excluding carboxylic acids is 1. The highest BCUT2D eigenvalue weighted by atomic mass is 32.1. The molecule has 1 saturated heterocycles. The van der Waals surface area contributed by atoms with Crippen LogP contribution >= 0.6 is 11.3 Å². The van der Waals surface area contributed by atoms with Gasteiger partial charge >= 0.3 is 0 Å². The Morgan fingerprint density at radius 2 is 2.03 bits per heavy atom. The zero-order chi connectivity index (χ0) is 22.1. The van der Waals surface area contributed by atoms with Crippen molar-refractivity contribution in [2.24, 2.45) is 7.05 Å². The molecule has 0 unspecified atom stereocenters. The van der Waals surface area contributed by atoms with Crippen LogP contribution in [0.5, 0.6) is 0 Å². The van der Waals surface area contributed by atoms with Crippen molar-refractivity contribution in [2.75, 3.05) is 25.0 Å². The highest BCUT2D eigenvalue weighted by Crippen LogP contribution is 2.28. The number of hydrogen-bond donors (Lipinski definition) is 1. The first kappa shape index (κ1) is 21.1. The normalized spacial score (nSPS) is 16.4. The predicted molar refractivity (Wildman–Crippen MR) is 118 cm³/mol. The number of pyridine rings is 1. The van der Waals surface area contributed by atoms with E-state index in [-0.39, 0.29) is 23.3 Å². The lowest BCUT2D eigenvalue weighted by Gasteiger charge is -2.32. The van der Waals surface area contributed by atoms with Gasteiger partial charge in [0.15, 0.2) is 5.13 Å². The van der Waals surface area contributed by atoms with Crippen molar-refractivity contribution in [3.05, 3.63) is 62.3 Å². The van der Waals surface area contributed by atoms with Gasteiger partial charge in [-0.1, -0.05) is 0 Å². The van der Waals surface area contributed by atoms with Gasteiger partial charge < -0.3 is 15.0 Å². The number of amides is 1. The van der Waals surface area contributed by atoms with Crippen LogP contribution in [0.2, 0.25) is 0 Å². The van der Waals surface area contributed by atoms with Gasteiger partial charge in [-0.25, -0.2) is 9.67 Å². The first-order valence-electron chi connectivity index (χ1n) is 9.95. The van der Waals surface area contributed by atoms with Crippen molar-refractivity contribution in [1.82, 2.24) is 24.6 Å². The Kier molecular flexibility index (Phi) is 5.84. The van der Waals surface area contributed by atoms with Gasteiger partial charge in [0.1, 0.15) is 11.8 Å². The van der Waals surface area contributed by atoms with Crippen LogP contribution in [0.25, 0.3) is 0 Å². The summed E-state index contributed by atoms with van der Waals surface area (Å²) < 4.78 is 7.09. The summed E-state index contributed by atoms with van der Waals surface area (Å²) in [4.78, 5) is 36.5. The fourth-order valence-corrected chi connectivity index (χ4v) is 4.21. The number of thiazole rings is 1. The van der Waals surface area contributed by atoms with E-state index in [0.29, 0.717) is 19.7 Å². The quantitative estimate of drug-likeness (QED) is 0.665. The molecule has 1 fully saturated rings. The molecule has 0 saturated carbocycles. The fourth-order valence-electron chi connectivity index (χ4n) is 3.37. The van der Waals surface area contributed by atoms with Gasteiger partial charge in [0.25, 0.3) is 11.5 Å². The van der Waals surface area contributed by atoms with Crippen LogP contribution < -0.4 is 10.9 Å². The number of anilines is 2. The predicted octanol–water partition coefficient (Wildman–Crippen LogP) is 2.51. The molecule has 0 aliphatic carbocycles. The van der Waals surface area contributed by atoms with Crippen LogP contribution in [0.4, 0.5) is 10.8 Å². The van der Waals surface area contributed by atoms with Crippen molar-refractivity contribution in [1.29, 1.82) is 0 Å². The van der Waals surface area contributed by atoms with Crippen LogP contribution in [0.3, 0.4) is 0 Å². The van der Waals surface area contributed by atoms with Crippen molar-refractivity contribution >= 4 is 28.1 Å². The maximum absolute atomic E-state index is 12.9. The van der Waals surface area contributed by atoms with E-state index >= 15 is 0 Å². The minimum Gasteiger partial charge on any atom is -0.368 e. The third-order valence-corrected chi connectivity index (χ3v) is 6.10. The standard InChI is InChI=1S/C21H24N6O3S/c1-12-9-15(24-21-23-13(2)14(3)31-21)10-17(22-12)18-11-27(7-8-30-18)20(29)16-5-6-19(28)26(4)25-16/h5-6,9-10,18H,7-8,11H2,1-4H3,(H,22,23,24)/t18-/m0/s1. The second-order valence-corrected chi connectivity index (χ2v) is 8.70. The highest BCUT2D eigenvalue weighted by Gasteiger charge is 2.28. The molecule has 0 radical (unpaired) electrons. The second-order valence-electron chi connectivity index (χ2n) is 7.50. The number of nitrogens with one attached hydrogen (secondary N) is 1. The van der Waals surface area contributed by atoms with E-state index in [1.165, 1.54) is 24.1 Å². The molecule has 1 amide bonds. The average molecular weight is 441 g/mol. The van der Waals surface area contributed by atoms with Crippen molar-refractivity contribution in [3.63, 3.8) is 0 Å². The van der Waals surface area contributed by atoms with Gasteiger partial charge in [0, 0.05) is 35.9 Å². The highest BCUT2D eigenvalue weighted by molar-refractivity contribution is 7.15. The van der Waals surface area contributed by atoms with Gasteiger partial charge in [-0.15, -0.1) is 11.3 Å². The van der Waals surface area contributed by atoms with Crippen molar-refractivity contribution in [2.45, 2.75) is 26.9 Å². The molecule has 1 aliphatic rings. The van der Waals surface area contributed by atoms with Gasteiger partial charge in [0.05, 0.1) is 24.5 Å². The van der Waals surface area contributed by atoms with E-state index in [1.807, 2.05) is 32.9 Å². The van der Waals surface area contributed by atoms with Crippen LogP contribution in [-0.4, -0.2) is 50.3 Å². The number of aromatic nitrogens is 4. The molecule has 3 aromatic rings. The van der Waals surface area contributed by atoms with Crippen LogP contribution in [0.1, 0.15) is 38.6 Å². The monoisotopic (exact) mass is 440 g/mol. The maximum Gasteiger partial charge on any atom is 0.274 e. The number of carbonyl (C=O) groups is 1. The molecule has 1 aliphatic heterocycles. The molecule has 3 aromatic heterocycles.